The van der Waals surface area contributed by atoms with Gasteiger partial charge in [-0.3, -0.25) is 10.4 Å². The molecule has 0 saturated carbocycles. The van der Waals surface area contributed by atoms with Gasteiger partial charge in [0.25, 0.3) is 0 Å². The van der Waals surface area contributed by atoms with Crippen LogP contribution >= 0.6 is 11.9 Å². The van der Waals surface area contributed by atoms with Crippen LogP contribution in [0.15, 0.2) is 46.4 Å². The molecular weight excluding hydrogens is 408 g/mol. The Morgan fingerprint density at radius 1 is 1.14 bits per heavy atom. The Morgan fingerprint density at radius 3 is 2.38 bits per heavy atom. The summed E-state index contributed by atoms with van der Waals surface area (Å²) >= 11 is 1.34. The Morgan fingerprint density at radius 2 is 1.83 bits per heavy atom. The molecule has 0 aliphatic heterocycles. The number of hydrogen-bond donors (Lipinski definition) is 4. The lowest BCUT2D eigenvalue weighted by Gasteiger charge is -2.17. The molecule has 2 rings (SSSR count). The predicted octanol–water partition coefficient (Wildman–Crippen LogP) is 4.35. The molecular formula is C18H20F4N6S. The highest BCUT2D eigenvalue weighted by Gasteiger charge is 2.35. The fraction of sp³-hybridized carbons (Fsp3) is 0.222. The zero-order valence-electron chi connectivity index (χ0n) is 15.7. The van der Waals surface area contributed by atoms with Crippen LogP contribution in [0, 0.1) is 5.82 Å². The summed E-state index contributed by atoms with van der Waals surface area (Å²) in [6.07, 6.45) is -2.92. The molecule has 29 heavy (non-hydrogen) atoms. The molecule has 6 nitrogen and oxygen atoms in total. The van der Waals surface area contributed by atoms with E-state index in [1.54, 1.807) is 12.1 Å². The van der Waals surface area contributed by atoms with Crippen LogP contribution in [0.1, 0.15) is 5.56 Å². The van der Waals surface area contributed by atoms with Crippen LogP contribution in [0.4, 0.5) is 28.9 Å². The van der Waals surface area contributed by atoms with Gasteiger partial charge >= 0.3 is 6.18 Å². The summed E-state index contributed by atoms with van der Waals surface area (Å²) in [6.45, 7) is 3.28. The SMILES string of the molecule is C=NC(=NC)NNCNc1cc(F)c(-c2ccc(NSC)cc2)c(C(F)(F)F)c1. The summed E-state index contributed by atoms with van der Waals surface area (Å²) in [4.78, 5) is 7.30. The number of rotatable bonds is 7. The van der Waals surface area contributed by atoms with E-state index in [4.69, 9.17) is 0 Å². The number of hydrogen-bond acceptors (Lipinski definition) is 5. The first kappa shape index (κ1) is 22.5. The van der Waals surface area contributed by atoms with Crippen LogP contribution in [-0.4, -0.2) is 32.6 Å². The number of hydrazine groups is 1. The highest BCUT2D eigenvalue weighted by molar-refractivity contribution is 7.99. The molecule has 2 aromatic carbocycles. The lowest BCUT2D eigenvalue weighted by atomic mass is 9.97. The van der Waals surface area contributed by atoms with Crippen LogP contribution in [0.3, 0.4) is 0 Å². The third kappa shape index (κ3) is 6.09. The highest BCUT2D eigenvalue weighted by atomic mass is 32.2. The van der Waals surface area contributed by atoms with E-state index >= 15 is 0 Å². The number of guanidine groups is 1. The fourth-order valence-electron chi connectivity index (χ4n) is 2.48. The van der Waals surface area contributed by atoms with Gasteiger partial charge in [0.1, 0.15) is 5.82 Å². The quantitative estimate of drug-likeness (QED) is 0.100. The lowest BCUT2D eigenvalue weighted by molar-refractivity contribution is -0.137. The second-order valence-electron chi connectivity index (χ2n) is 5.62. The molecule has 0 atom stereocenters. The van der Waals surface area contributed by atoms with E-state index in [-0.39, 0.29) is 23.9 Å². The van der Waals surface area contributed by atoms with Gasteiger partial charge in [0, 0.05) is 30.2 Å². The summed E-state index contributed by atoms with van der Waals surface area (Å²) in [6, 6.07) is 7.95. The maximum Gasteiger partial charge on any atom is 0.417 e. The van der Waals surface area contributed by atoms with Crippen molar-refractivity contribution >= 4 is 36.0 Å². The molecule has 0 spiro atoms. The van der Waals surface area contributed by atoms with E-state index in [9.17, 15) is 17.6 Å². The molecule has 0 radical (unpaired) electrons. The zero-order chi connectivity index (χ0) is 21.4. The summed E-state index contributed by atoms with van der Waals surface area (Å²) in [5.74, 6) is -0.784. The van der Waals surface area contributed by atoms with Crippen molar-refractivity contribution in [3.8, 4) is 11.1 Å². The Labute approximate surface area is 170 Å². The van der Waals surface area contributed by atoms with Gasteiger partial charge in [0.15, 0.2) is 0 Å². The minimum atomic E-state index is -4.73. The Balaban J connectivity index is 2.28. The summed E-state index contributed by atoms with van der Waals surface area (Å²) < 4.78 is 58.5. The monoisotopic (exact) mass is 428 g/mol. The lowest BCUT2D eigenvalue weighted by Crippen LogP contribution is -2.39. The molecule has 0 heterocycles. The number of nitrogens with one attached hydrogen (secondary N) is 4. The van der Waals surface area contributed by atoms with E-state index < -0.39 is 23.1 Å². The van der Waals surface area contributed by atoms with Gasteiger partial charge in [-0.1, -0.05) is 24.1 Å². The van der Waals surface area contributed by atoms with Gasteiger partial charge in [0.2, 0.25) is 5.96 Å². The Hall–Kier alpha value is -2.79. The molecule has 0 aliphatic rings. The molecule has 0 bridgehead atoms. The van der Waals surface area contributed by atoms with Gasteiger partial charge in [-0.05, 0) is 36.5 Å². The van der Waals surface area contributed by atoms with Gasteiger partial charge in [0.05, 0.1) is 12.2 Å². The van der Waals surface area contributed by atoms with E-state index in [1.807, 2.05) is 6.26 Å². The average Bonchev–Trinajstić information content (AvgIpc) is 2.68. The Bertz CT molecular complexity index is 868. The first-order chi connectivity index (χ1) is 13.8. The second-order valence-corrected chi connectivity index (χ2v) is 6.23. The van der Waals surface area contributed by atoms with Gasteiger partial charge < -0.3 is 10.0 Å². The van der Waals surface area contributed by atoms with E-state index in [1.165, 1.54) is 31.1 Å². The third-order valence-corrected chi connectivity index (χ3v) is 4.17. The molecule has 0 saturated heterocycles. The first-order valence-corrected chi connectivity index (χ1v) is 9.49. The largest absolute Gasteiger partial charge is 0.417 e. The first-order valence-electron chi connectivity index (χ1n) is 8.26. The molecule has 4 N–H and O–H groups in total. The van der Waals surface area contributed by atoms with E-state index in [0.29, 0.717) is 5.69 Å². The van der Waals surface area contributed by atoms with Crippen molar-refractivity contribution in [2.45, 2.75) is 6.18 Å². The molecule has 11 heteroatoms. The molecule has 0 aromatic heterocycles. The van der Waals surface area contributed by atoms with E-state index in [2.05, 4.69) is 37.6 Å². The smallest absolute Gasteiger partial charge is 0.371 e. The Kier molecular flexibility index (Phi) is 7.85. The second kappa shape index (κ2) is 10.1. The third-order valence-electron chi connectivity index (χ3n) is 3.73. The van der Waals surface area contributed by atoms with Crippen LogP contribution < -0.4 is 20.9 Å². The minimum Gasteiger partial charge on any atom is -0.371 e. The van der Waals surface area contributed by atoms with Crippen molar-refractivity contribution in [2.75, 3.05) is 30.0 Å². The van der Waals surface area contributed by atoms with E-state index in [0.717, 1.165) is 12.1 Å². The van der Waals surface area contributed by atoms with Gasteiger partial charge in [-0.15, -0.1) is 0 Å². The number of halogens is 4. The van der Waals surface area contributed by atoms with Crippen molar-refractivity contribution in [2.24, 2.45) is 9.98 Å². The molecule has 0 amide bonds. The molecule has 0 unspecified atom stereocenters. The normalized spacial score (nSPS) is 11.9. The van der Waals surface area contributed by atoms with Crippen molar-refractivity contribution in [1.29, 1.82) is 0 Å². The molecule has 2 aromatic rings. The molecule has 0 aliphatic carbocycles. The number of nitrogens with zero attached hydrogens (tertiary/aromatic N) is 2. The van der Waals surface area contributed by atoms with Crippen LogP contribution in [0.2, 0.25) is 0 Å². The predicted molar refractivity (Wildman–Crippen MR) is 112 cm³/mol. The topological polar surface area (TPSA) is 72.8 Å². The number of alkyl halides is 3. The fourth-order valence-corrected chi connectivity index (χ4v) is 2.86. The standard InChI is InChI=1S/C18H20F4N6S/c1-23-17(24-2)27-26-10-25-13-8-14(18(20,21)22)16(15(19)9-13)11-4-6-12(7-5-11)28-29-3/h4-9,25-26,28H,1,10H2,2-3H3,(H,24,27). The number of aliphatic imine (C=N–C) groups is 2. The maximum atomic E-state index is 14.7. The van der Waals surface area contributed by atoms with Crippen molar-refractivity contribution in [1.82, 2.24) is 10.9 Å². The average molecular weight is 428 g/mol. The summed E-state index contributed by atoms with van der Waals surface area (Å²) in [5, 5.41) is 2.66. The highest BCUT2D eigenvalue weighted by Crippen LogP contribution is 2.40. The van der Waals surface area contributed by atoms with Crippen LogP contribution in [0.25, 0.3) is 11.1 Å². The summed E-state index contributed by atoms with van der Waals surface area (Å²) in [5.41, 5.74) is 4.46. The summed E-state index contributed by atoms with van der Waals surface area (Å²) in [7, 11) is 1.49. The van der Waals surface area contributed by atoms with Crippen molar-refractivity contribution in [3.63, 3.8) is 0 Å². The van der Waals surface area contributed by atoms with Crippen LogP contribution in [-0.2, 0) is 6.18 Å². The van der Waals surface area contributed by atoms with Gasteiger partial charge in [-0.2, -0.15) is 13.2 Å². The number of benzene rings is 2. The zero-order valence-corrected chi connectivity index (χ0v) is 16.5. The molecule has 0 fully saturated rings. The molecule has 156 valence electrons. The number of anilines is 2. The van der Waals surface area contributed by atoms with Crippen LogP contribution in [0.5, 0.6) is 0 Å². The van der Waals surface area contributed by atoms with Crippen molar-refractivity contribution in [3.05, 3.63) is 47.8 Å². The van der Waals surface area contributed by atoms with Crippen molar-refractivity contribution < 1.29 is 17.6 Å². The maximum absolute atomic E-state index is 14.7. The van der Waals surface area contributed by atoms with Gasteiger partial charge in [-0.25, -0.2) is 14.8 Å². The minimum absolute atomic E-state index is 0.0142.